The summed E-state index contributed by atoms with van der Waals surface area (Å²) in [4.78, 5) is 9.14. The molecule has 0 saturated heterocycles. The summed E-state index contributed by atoms with van der Waals surface area (Å²) in [5, 5.41) is 36.1. The van der Waals surface area contributed by atoms with E-state index in [9.17, 15) is 0 Å². The first-order chi connectivity index (χ1) is 50.0. The Morgan fingerprint density at radius 3 is 0.583 bits per heavy atom. The van der Waals surface area contributed by atoms with Crippen molar-refractivity contribution in [2.24, 2.45) is 0 Å². The molecule has 8 nitrogen and oxygen atoms in total. The Morgan fingerprint density at radius 2 is 0.369 bits per heavy atom. The molecule has 0 unspecified atom stereocenters. The smallest absolute Gasteiger partial charge is 0.0471 e. The van der Waals surface area contributed by atoms with Crippen LogP contribution in [0.5, 0.6) is 0 Å². The van der Waals surface area contributed by atoms with Crippen LogP contribution < -0.4 is 19.6 Å². The first-order valence-electron chi connectivity index (χ1n) is 36.6. The van der Waals surface area contributed by atoms with Crippen molar-refractivity contribution in [3.63, 3.8) is 0 Å². The van der Waals surface area contributed by atoms with Crippen molar-refractivity contribution in [1.82, 2.24) is 0 Å². The maximum absolute atomic E-state index is 9.10. The highest BCUT2D eigenvalue weighted by Crippen LogP contribution is 2.40. The van der Waals surface area contributed by atoms with E-state index in [-0.39, 0.29) is 19.8 Å². The quantitative estimate of drug-likeness (QED) is 0.0421. The summed E-state index contributed by atoms with van der Waals surface area (Å²) in [5.41, 5.74) is 31.6. The van der Waals surface area contributed by atoms with E-state index < -0.39 is 0 Å². The molecule has 12 aromatic carbocycles. The fourth-order valence-corrected chi connectivity index (χ4v) is 12.2. The number of hydrogen-bond acceptors (Lipinski definition) is 8. The molecule has 0 heterocycles. The number of rotatable bonds is 25. The minimum Gasteiger partial charge on any atom is -0.396 e. The maximum atomic E-state index is 9.10. The minimum absolute atomic E-state index is 0.180. The molecule has 0 fully saturated rings. The highest BCUT2D eigenvalue weighted by atomic mass is 16.3. The van der Waals surface area contributed by atoms with Crippen molar-refractivity contribution in [1.29, 1.82) is 0 Å². The highest BCUT2D eigenvalue weighted by molar-refractivity contribution is 5.81. The molecule has 0 radical (unpaired) electrons. The van der Waals surface area contributed by atoms with E-state index >= 15 is 0 Å². The molecule has 0 aliphatic rings. The molecule has 0 saturated carbocycles. The van der Waals surface area contributed by atoms with E-state index in [0.717, 1.165) is 96.7 Å². The first-order valence-corrected chi connectivity index (χ1v) is 36.6. The van der Waals surface area contributed by atoms with Crippen LogP contribution in [0.4, 0.5) is 68.2 Å². The summed E-state index contributed by atoms with van der Waals surface area (Å²) in [6.45, 7) is 22.2. The van der Waals surface area contributed by atoms with E-state index in [4.69, 9.17) is 20.4 Å². The number of aryl methyl sites for hydroxylation is 13. The predicted octanol–water partition coefficient (Wildman–Crippen LogP) is 23.8. The molecule has 0 aliphatic carbocycles. The largest absolute Gasteiger partial charge is 0.396 e. The van der Waals surface area contributed by atoms with E-state index in [1.807, 2.05) is 0 Å². The Labute approximate surface area is 615 Å². The monoisotopic (exact) mass is 1370 g/mol. The number of anilines is 12. The van der Waals surface area contributed by atoms with Gasteiger partial charge in [-0.3, -0.25) is 0 Å². The zero-order chi connectivity index (χ0) is 73.0. The Hall–Kier alpha value is -10.3. The molecule has 0 bridgehead atoms. The Balaban J connectivity index is 0.000000160. The average Bonchev–Trinajstić information content (AvgIpc) is 0.884. The molecule has 12 rings (SSSR count). The lowest BCUT2D eigenvalue weighted by Gasteiger charge is -2.27. The van der Waals surface area contributed by atoms with Gasteiger partial charge in [0.15, 0.2) is 0 Å². The lowest BCUT2D eigenvalue weighted by atomic mass is 10.0. The third-order valence-electron chi connectivity index (χ3n) is 18.8. The van der Waals surface area contributed by atoms with E-state index in [1.165, 1.54) is 101 Å². The predicted molar refractivity (Wildman–Crippen MR) is 438 cm³/mol. The van der Waals surface area contributed by atoms with E-state index in [2.05, 4.69) is 368 Å². The molecule has 103 heavy (non-hydrogen) atoms. The Morgan fingerprint density at radius 1 is 0.175 bits per heavy atom. The second-order valence-corrected chi connectivity index (χ2v) is 27.2. The van der Waals surface area contributed by atoms with Crippen LogP contribution >= 0.6 is 0 Å². The fraction of sp³-hybridized carbons (Fsp3) is 0.242. The van der Waals surface area contributed by atoms with Crippen LogP contribution in [0.2, 0.25) is 0 Å². The van der Waals surface area contributed by atoms with E-state index in [0.29, 0.717) is 13.0 Å². The normalized spacial score (nSPS) is 10.7. The molecule has 12 aromatic rings. The van der Waals surface area contributed by atoms with Gasteiger partial charge in [0.25, 0.3) is 0 Å². The number of aliphatic hydroxyl groups excluding tert-OH is 4. The van der Waals surface area contributed by atoms with Crippen LogP contribution in [0.1, 0.15) is 110 Å². The van der Waals surface area contributed by atoms with Crippen LogP contribution in [-0.4, -0.2) is 46.9 Å². The molecule has 0 aromatic heterocycles. The second-order valence-electron chi connectivity index (χ2n) is 27.2. The van der Waals surface area contributed by atoms with Gasteiger partial charge >= 0.3 is 0 Å². The molecule has 530 valence electrons. The van der Waals surface area contributed by atoms with Gasteiger partial charge in [-0.15, -0.1) is 0 Å². The van der Waals surface area contributed by atoms with Gasteiger partial charge in [0.05, 0.1) is 0 Å². The van der Waals surface area contributed by atoms with Gasteiger partial charge in [-0.1, -0.05) is 173 Å². The number of benzene rings is 12. The fourth-order valence-electron chi connectivity index (χ4n) is 12.2. The number of hydrogen-bond donors (Lipinski definition) is 4. The van der Waals surface area contributed by atoms with Gasteiger partial charge in [0.2, 0.25) is 0 Å². The summed E-state index contributed by atoms with van der Waals surface area (Å²) in [6.07, 6.45) is 8.28. The van der Waals surface area contributed by atoms with Gasteiger partial charge < -0.3 is 40.0 Å². The van der Waals surface area contributed by atoms with Gasteiger partial charge in [-0.2, -0.15) is 0 Å². The second kappa shape index (κ2) is 39.2. The van der Waals surface area contributed by atoms with E-state index in [1.54, 1.807) is 0 Å². The lowest BCUT2D eigenvalue weighted by molar-refractivity contribution is 0.283. The van der Waals surface area contributed by atoms with Crippen molar-refractivity contribution in [2.45, 2.75) is 127 Å². The summed E-state index contributed by atoms with van der Waals surface area (Å²) >= 11 is 0. The molecule has 4 N–H and O–H groups in total. The van der Waals surface area contributed by atoms with Crippen LogP contribution in [-0.2, 0) is 25.7 Å². The van der Waals surface area contributed by atoms with Gasteiger partial charge in [0, 0.05) is 94.7 Å². The number of nitrogens with zero attached hydrogens (tertiary/aromatic N) is 4. The topological polar surface area (TPSA) is 93.9 Å². The van der Waals surface area contributed by atoms with Crippen molar-refractivity contribution < 1.29 is 20.4 Å². The van der Waals surface area contributed by atoms with Crippen molar-refractivity contribution in [2.75, 3.05) is 46.0 Å². The molecule has 0 spiro atoms. The number of aliphatic hydroxyl groups is 4. The zero-order valence-corrected chi connectivity index (χ0v) is 62.3. The van der Waals surface area contributed by atoms with Crippen molar-refractivity contribution in [3.8, 4) is 0 Å². The lowest BCUT2D eigenvalue weighted by Crippen LogP contribution is -2.11. The van der Waals surface area contributed by atoms with Gasteiger partial charge in [-0.25, -0.2) is 0 Å². The molecular weight excluding hydrogens is 1260 g/mol. The molecule has 0 amide bonds. The minimum atomic E-state index is 0.180. The third kappa shape index (κ3) is 22.6. The van der Waals surface area contributed by atoms with Crippen LogP contribution in [0.25, 0.3) is 0 Å². The van der Waals surface area contributed by atoms with Crippen molar-refractivity contribution >= 4 is 68.2 Å². The average molecular weight is 1370 g/mol. The SMILES string of the molecule is Cc1ccc(N(c2ccc(C)cc2)c2ccc(CCCCCO)cc2)cc1.Cc1ccc(N(c2ccc(C)cc2)c2ccc(CCCO)cc2)cc1.Cc1ccc(N(c2ccc(C)cc2)c2ccc(CCO)cc2)cc1.Cc1ccc(N(c2ccc(CCCO)cc2)c2ccc(C)c(C)c2)cc1C. The number of unbranched alkanes of at least 4 members (excludes halogenated alkanes) is 2. The molecule has 8 heteroatoms. The summed E-state index contributed by atoms with van der Waals surface area (Å²) < 4.78 is 0. The zero-order valence-electron chi connectivity index (χ0n) is 62.3. The van der Waals surface area contributed by atoms with Crippen molar-refractivity contribution in [3.05, 3.63) is 357 Å². The van der Waals surface area contributed by atoms with Gasteiger partial charge in [-0.05, 0) is 311 Å². The van der Waals surface area contributed by atoms with Crippen LogP contribution in [0.15, 0.2) is 279 Å². The summed E-state index contributed by atoms with van der Waals surface area (Å²) in [7, 11) is 0. The van der Waals surface area contributed by atoms with Crippen LogP contribution in [0.3, 0.4) is 0 Å². The Kier molecular flexibility index (Phi) is 29.2. The maximum Gasteiger partial charge on any atom is 0.0471 e. The summed E-state index contributed by atoms with van der Waals surface area (Å²) in [5.74, 6) is 0. The molecule has 0 atom stereocenters. The highest BCUT2D eigenvalue weighted by Gasteiger charge is 2.18. The van der Waals surface area contributed by atoms with Crippen LogP contribution in [0, 0.1) is 69.2 Å². The molecule has 0 aliphatic heterocycles. The standard InChI is InChI=1S/2C25H29NO.C23H25NO.C22H23NO/c1-18-7-11-24(16-20(18)3)26(25-12-8-19(2)21(4)17-25)23-13-9-22(10-14-23)6-5-15-27;1-20-7-13-23(14-8-20)26(24-15-9-21(2)10-16-24)25-17-11-22(12-18-25)6-4-3-5-19-27;1-18-5-11-21(12-6-18)24(22-13-7-19(2)8-14-22)23-15-9-20(10-16-23)4-3-17-25;1-17-3-9-20(10-4-17)23(21-11-5-18(2)6-12-21)22-13-7-19(8-14-22)15-16-24/h7-14,16-17,27H,5-6,15H2,1-4H3;7-18,27H,3-6,19H2,1-2H3;5-16,25H,3-4,17H2,1-2H3;3-14,24H,15-16H2,1-2H3. The third-order valence-corrected chi connectivity index (χ3v) is 18.8. The first kappa shape index (κ1) is 76.9. The molecular formula is C95H106N4O4. The summed E-state index contributed by atoms with van der Waals surface area (Å²) in [6, 6.07) is 99.6. The van der Waals surface area contributed by atoms with Gasteiger partial charge in [0.1, 0.15) is 0 Å². The Bertz CT molecular complexity index is 4270.